The van der Waals surface area contributed by atoms with Crippen LogP contribution in [0.15, 0.2) is 24.3 Å². The van der Waals surface area contributed by atoms with Crippen molar-refractivity contribution in [3.63, 3.8) is 0 Å². The number of rotatable bonds is 3. The average molecular weight is 242 g/mol. The van der Waals surface area contributed by atoms with E-state index in [1.165, 1.54) is 0 Å². The molecule has 0 fully saturated rings. The zero-order chi connectivity index (χ0) is 13.1. The van der Waals surface area contributed by atoms with Crippen LogP contribution in [0.2, 0.25) is 0 Å². The van der Waals surface area contributed by atoms with Crippen LogP contribution in [0.1, 0.15) is 31.0 Å². The van der Waals surface area contributed by atoms with Gasteiger partial charge in [0.1, 0.15) is 0 Å². The molecule has 0 aliphatic rings. The van der Waals surface area contributed by atoms with Crippen molar-refractivity contribution in [1.29, 1.82) is 0 Å². The number of anilines is 1. The Labute approximate surface area is 107 Å². The molecule has 1 amide bonds. The van der Waals surface area contributed by atoms with Crippen LogP contribution in [0.5, 0.6) is 0 Å². The second kappa shape index (κ2) is 5.17. The van der Waals surface area contributed by atoms with Crippen molar-refractivity contribution in [2.24, 2.45) is 0 Å². The van der Waals surface area contributed by atoms with Gasteiger partial charge in [0.2, 0.25) is 5.91 Å². The standard InChI is InChI=1S/C15H18N2O/c1-4-5-14(18)17-15-10(2)6-9-13-12(15)8-7-11(3)16-13/h6-9H,4-5H2,1-3H3,(H,17,18). The van der Waals surface area contributed by atoms with Gasteiger partial charge in [-0.05, 0) is 44.0 Å². The fourth-order valence-electron chi connectivity index (χ4n) is 2.01. The first-order valence-corrected chi connectivity index (χ1v) is 6.28. The van der Waals surface area contributed by atoms with Crippen LogP contribution >= 0.6 is 0 Å². The van der Waals surface area contributed by atoms with Gasteiger partial charge in [-0.1, -0.05) is 13.0 Å². The minimum Gasteiger partial charge on any atom is -0.325 e. The maximum absolute atomic E-state index is 11.7. The summed E-state index contributed by atoms with van der Waals surface area (Å²) in [5, 5.41) is 4.00. The molecule has 1 aromatic carbocycles. The zero-order valence-electron chi connectivity index (χ0n) is 11.1. The lowest BCUT2D eigenvalue weighted by atomic mass is 10.1. The smallest absolute Gasteiger partial charge is 0.224 e. The number of amides is 1. The summed E-state index contributed by atoms with van der Waals surface area (Å²) in [6.07, 6.45) is 1.40. The molecule has 1 N–H and O–H groups in total. The molecular weight excluding hydrogens is 224 g/mol. The number of benzene rings is 1. The molecule has 3 nitrogen and oxygen atoms in total. The molecule has 3 heteroatoms. The van der Waals surface area contributed by atoms with E-state index in [4.69, 9.17) is 0 Å². The van der Waals surface area contributed by atoms with Crippen molar-refractivity contribution in [3.8, 4) is 0 Å². The summed E-state index contributed by atoms with van der Waals surface area (Å²) in [6.45, 7) is 5.97. The molecule has 0 bridgehead atoms. The molecule has 1 heterocycles. The number of aromatic nitrogens is 1. The topological polar surface area (TPSA) is 42.0 Å². The molecule has 0 radical (unpaired) electrons. The average Bonchev–Trinajstić information content (AvgIpc) is 2.33. The molecule has 0 spiro atoms. The SMILES string of the molecule is CCCC(=O)Nc1c(C)ccc2nc(C)ccc12. The zero-order valence-corrected chi connectivity index (χ0v) is 11.1. The Morgan fingerprint density at radius 2 is 2.00 bits per heavy atom. The van der Waals surface area contributed by atoms with Gasteiger partial charge >= 0.3 is 0 Å². The Morgan fingerprint density at radius 3 is 2.72 bits per heavy atom. The van der Waals surface area contributed by atoms with Gasteiger partial charge in [0.25, 0.3) is 0 Å². The first kappa shape index (κ1) is 12.6. The lowest BCUT2D eigenvalue weighted by molar-refractivity contribution is -0.116. The van der Waals surface area contributed by atoms with Gasteiger partial charge in [-0.2, -0.15) is 0 Å². The van der Waals surface area contributed by atoms with E-state index in [0.29, 0.717) is 6.42 Å². The van der Waals surface area contributed by atoms with Crippen LogP contribution in [-0.4, -0.2) is 10.9 Å². The third-order valence-electron chi connectivity index (χ3n) is 2.96. The second-order valence-corrected chi connectivity index (χ2v) is 4.57. The molecular formula is C15H18N2O. The normalized spacial score (nSPS) is 10.6. The Bertz CT molecular complexity index is 590. The van der Waals surface area contributed by atoms with Crippen molar-refractivity contribution in [1.82, 2.24) is 4.98 Å². The number of carbonyl (C=O) groups is 1. The number of nitrogens with one attached hydrogen (secondary N) is 1. The quantitative estimate of drug-likeness (QED) is 0.893. The van der Waals surface area contributed by atoms with E-state index < -0.39 is 0 Å². The number of hydrogen-bond donors (Lipinski definition) is 1. The Kier molecular flexibility index (Phi) is 3.60. The summed E-state index contributed by atoms with van der Waals surface area (Å²) >= 11 is 0. The summed E-state index contributed by atoms with van der Waals surface area (Å²) in [7, 11) is 0. The number of aryl methyl sites for hydroxylation is 2. The highest BCUT2D eigenvalue weighted by Gasteiger charge is 2.08. The summed E-state index contributed by atoms with van der Waals surface area (Å²) in [6, 6.07) is 7.98. The molecule has 0 saturated heterocycles. The molecule has 18 heavy (non-hydrogen) atoms. The molecule has 0 unspecified atom stereocenters. The maximum Gasteiger partial charge on any atom is 0.224 e. The lowest BCUT2D eigenvalue weighted by Gasteiger charge is -2.11. The van der Waals surface area contributed by atoms with Crippen LogP contribution in [0.25, 0.3) is 10.9 Å². The molecule has 2 rings (SSSR count). The van der Waals surface area contributed by atoms with Crippen molar-refractivity contribution in [2.75, 3.05) is 5.32 Å². The van der Waals surface area contributed by atoms with Crippen LogP contribution in [0, 0.1) is 13.8 Å². The second-order valence-electron chi connectivity index (χ2n) is 4.57. The molecule has 2 aromatic rings. The van der Waals surface area contributed by atoms with E-state index in [9.17, 15) is 4.79 Å². The highest BCUT2D eigenvalue weighted by Crippen LogP contribution is 2.26. The lowest BCUT2D eigenvalue weighted by Crippen LogP contribution is -2.12. The predicted molar refractivity (Wildman–Crippen MR) is 74.8 cm³/mol. The molecule has 94 valence electrons. The summed E-state index contributed by atoms with van der Waals surface area (Å²) < 4.78 is 0. The molecule has 0 aliphatic carbocycles. The minimum atomic E-state index is 0.0636. The predicted octanol–water partition coefficient (Wildman–Crippen LogP) is 3.59. The Balaban J connectivity index is 2.47. The highest BCUT2D eigenvalue weighted by atomic mass is 16.1. The molecule has 1 aromatic heterocycles. The van der Waals surface area contributed by atoms with E-state index >= 15 is 0 Å². The summed E-state index contributed by atoms with van der Waals surface area (Å²) in [4.78, 5) is 16.2. The van der Waals surface area contributed by atoms with E-state index in [1.807, 2.05) is 45.0 Å². The summed E-state index contributed by atoms with van der Waals surface area (Å²) in [5.74, 6) is 0.0636. The third kappa shape index (κ3) is 2.50. The molecule has 0 atom stereocenters. The number of pyridine rings is 1. The monoisotopic (exact) mass is 242 g/mol. The number of nitrogens with zero attached hydrogens (tertiary/aromatic N) is 1. The fourth-order valence-corrected chi connectivity index (χ4v) is 2.01. The van der Waals surface area contributed by atoms with Gasteiger partial charge in [0.15, 0.2) is 0 Å². The van der Waals surface area contributed by atoms with Gasteiger partial charge < -0.3 is 5.32 Å². The highest BCUT2D eigenvalue weighted by molar-refractivity contribution is 6.02. The fraction of sp³-hybridized carbons (Fsp3) is 0.333. The van der Waals surface area contributed by atoms with Crippen LogP contribution in [0.3, 0.4) is 0 Å². The first-order chi connectivity index (χ1) is 8.61. The largest absolute Gasteiger partial charge is 0.325 e. The molecule has 0 saturated carbocycles. The number of carbonyl (C=O) groups excluding carboxylic acids is 1. The third-order valence-corrected chi connectivity index (χ3v) is 2.96. The van der Waals surface area contributed by atoms with Gasteiger partial charge in [-0.3, -0.25) is 9.78 Å². The van der Waals surface area contributed by atoms with Gasteiger partial charge in [-0.15, -0.1) is 0 Å². The van der Waals surface area contributed by atoms with Gasteiger partial charge in [0.05, 0.1) is 11.2 Å². The number of hydrogen-bond acceptors (Lipinski definition) is 2. The van der Waals surface area contributed by atoms with E-state index in [2.05, 4.69) is 10.3 Å². The Hall–Kier alpha value is -1.90. The minimum absolute atomic E-state index is 0.0636. The van der Waals surface area contributed by atoms with Crippen molar-refractivity contribution >= 4 is 22.5 Å². The van der Waals surface area contributed by atoms with Crippen LogP contribution < -0.4 is 5.32 Å². The van der Waals surface area contributed by atoms with Crippen molar-refractivity contribution in [2.45, 2.75) is 33.6 Å². The van der Waals surface area contributed by atoms with Crippen LogP contribution in [-0.2, 0) is 4.79 Å². The first-order valence-electron chi connectivity index (χ1n) is 6.28. The van der Waals surface area contributed by atoms with E-state index in [1.54, 1.807) is 0 Å². The van der Waals surface area contributed by atoms with E-state index in [-0.39, 0.29) is 5.91 Å². The van der Waals surface area contributed by atoms with Crippen molar-refractivity contribution < 1.29 is 4.79 Å². The van der Waals surface area contributed by atoms with Crippen molar-refractivity contribution in [3.05, 3.63) is 35.5 Å². The maximum atomic E-state index is 11.7. The number of fused-ring (bicyclic) bond motifs is 1. The van der Waals surface area contributed by atoms with Crippen LogP contribution in [0.4, 0.5) is 5.69 Å². The Morgan fingerprint density at radius 1 is 1.22 bits per heavy atom. The summed E-state index contributed by atoms with van der Waals surface area (Å²) in [5.41, 5.74) is 3.86. The van der Waals surface area contributed by atoms with Gasteiger partial charge in [0, 0.05) is 17.5 Å². The molecule has 0 aliphatic heterocycles. The van der Waals surface area contributed by atoms with E-state index in [0.717, 1.165) is 34.3 Å². The van der Waals surface area contributed by atoms with Gasteiger partial charge in [-0.25, -0.2) is 0 Å².